The van der Waals surface area contributed by atoms with E-state index in [4.69, 9.17) is 4.74 Å². The highest BCUT2D eigenvalue weighted by Crippen LogP contribution is 2.42. The summed E-state index contributed by atoms with van der Waals surface area (Å²) < 4.78 is 5.08. The molecule has 1 aliphatic carbocycles. The Labute approximate surface area is 189 Å². The van der Waals surface area contributed by atoms with Gasteiger partial charge in [-0.3, -0.25) is 29.4 Å². The molecule has 1 aliphatic heterocycles. The second kappa shape index (κ2) is 8.93. The molecule has 0 spiro atoms. The second-order valence-corrected chi connectivity index (χ2v) is 8.50. The fourth-order valence-corrected chi connectivity index (χ4v) is 4.51. The highest BCUT2D eigenvalue weighted by molar-refractivity contribution is 6.22. The summed E-state index contributed by atoms with van der Waals surface area (Å²) in [7, 11) is 0. The second-order valence-electron chi connectivity index (χ2n) is 8.50. The summed E-state index contributed by atoms with van der Waals surface area (Å²) in [6.45, 7) is 1.47. The van der Waals surface area contributed by atoms with Gasteiger partial charge in [0.2, 0.25) is 17.6 Å². The Morgan fingerprint density at radius 2 is 1.73 bits per heavy atom. The number of imide groups is 1. The van der Waals surface area contributed by atoms with Crippen molar-refractivity contribution in [2.75, 3.05) is 11.5 Å². The summed E-state index contributed by atoms with van der Waals surface area (Å²) in [5.41, 5.74) is 0.195. The van der Waals surface area contributed by atoms with Gasteiger partial charge >= 0.3 is 5.97 Å². The molecule has 4 rings (SSSR count). The van der Waals surface area contributed by atoms with E-state index in [2.05, 4.69) is 6.92 Å². The number of ketones is 1. The zero-order valence-electron chi connectivity index (χ0n) is 17.9. The molecule has 3 atom stereocenters. The summed E-state index contributed by atoms with van der Waals surface area (Å²) in [6.07, 6.45) is 2.25. The molecule has 9 nitrogen and oxygen atoms in total. The first-order chi connectivity index (χ1) is 15.8. The topological polar surface area (TPSA) is 124 Å². The first kappa shape index (κ1) is 22.3. The zero-order chi connectivity index (χ0) is 23.7. The predicted molar refractivity (Wildman–Crippen MR) is 117 cm³/mol. The Balaban J connectivity index is 1.46. The van der Waals surface area contributed by atoms with E-state index in [1.165, 1.54) is 30.3 Å². The Morgan fingerprint density at radius 1 is 1.03 bits per heavy atom. The molecule has 33 heavy (non-hydrogen) atoms. The number of ether oxygens (including phenoxy) is 1. The average Bonchev–Trinajstić information content (AvgIpc) is 3.06. The molecule has 1 heterocycles. The smallest absolute Gasteiger partial charge is 0.338 e. The maximum absolute atomic E-state index is 12.9. The van der Waals surface area contributed by atoms with Crippen molar-refractivity contribution < 1.29 is 28.8 Å². The van der Waals surface area contributed by atoms with Gasteiger partial charge in [-0.15, -0.1) is 0 Å². The van der Waals surface area contributed by atoms with E-state index in [0.29, 0.717) is 24.4 Å². The van der Waals surface area contributed by atoms with Crippen molar-refractivity contribution in [2.24, 2.45) is 17.8 Å². The molecule has 1 saturated carbocycles. The van der Waals surface area contributed by atoms with Crippen molar-refractivity contribution in [3.8, 4) is 0 Å². The number of benzene rings is 2. The van der Waals surface area contributed by atoms with Gasteiger partial charge in [-0.1, -0.05) is 25.1 Å². The van der Waals surface area contributed by atoms with Gasteiger partial charge in [0.1, 0.15) is 0 Å². The van der Waals surface area contributed by atoms with Gasteiger partial charge in [0.25, 0.3) is 5.69 Å². The molecule has 1 saturated heterocycles. The highest BCUT2D eigenvalue weighted by Gasteiger charge is 2.50. The molecule has 170 valence electrons. The zero-order valence-corrected chi connectivity index (χ0v) is 17.9. The summed E-state index contributed by atoms with van der Waals surface area (Å²) in [5.74, 6) is -2.16. The number of nitro benzene ring substituents is 1. The number of nitro groups is 1. The van der Waals surface area contributed by atoms with E-state index in [0.717, 1.165) is 17.4 Å². The number of rotatable bonds is 6. The molecule has 2 aromatic carbocycles. The first-order valence-corrected chi connectivity index (χ1v) is 10.7. The quantitative estimate of drug-likeness (QED) is 0.217. The lowest BCUT2D eigenvalue weighted by molar-refractivity contribution is -0.384. The third kappa shape index (κ3) is 4.39. The van der Waals surface area contributed by atoms with Crippen molar-refractivity contribution >= 4 is 34.9 Å². The fourth-order valence-electron chi connectivity index (χ4n) is 4.51. The van der Waals surface area contributed by atoms with Crippen LogP contribution in [0.15, 0.2) is 48.5 Å². The lowest BCUT2D eigenvalue weighted by Crippen LogP contribution is -2.31. The SMILES string of the molecule is C[C@@H]1CC[C@H]2C(=O)N(c3cccc(C(=O)OCC(=O)c4cccc([N+](=O)[O-])c4)c3)C(=O)[C@H]2C1. The first-order valence-electron chi connectivity index (χ1n) is 10.7. The molecule has 2 aliphatic rings. The number of hydrogen-bond donors (Lipinski definition) is 0. The van der Waals surface area contributed by atoms with E-state index in [1.807, 2.05) is 0 Å². The number of fused-ring (bicyclic) bond motifs is 1. The third-order valence-corrected chi connectivity index (χ3v) is 6.24. The number of hydrogen-bond acceptors (Lipinski definition) is 7. The van der Waals surface area contributed by atoms with E-state index >= 15 is 0 Å². The van der Waals surface area contributed by atoms with Crippen molar-refractivity contribution in [3.63, 3.8) is 0 Å². The Bertz CT molecular complexity index is 1160. The molecule has 9 heteroatoms. The standard InChI is InChI=1S/C24H22N2O7/c1-14-8-9-19-20(10-14)23(29)25(22(19)28)17-6-3-5-16(12-17)24(30)33-13-21(27)15-4-2-7-18(11-15)26(31)32/h2-7,11-12,14,19-20H,8-10,13H2,1H3/t14-,19-,20+/m1/s1. The number of Topliss-reactive ketones (excluding diaryl/α,β-unsaturated/α-hetero) is 1. The molecule has 0 unspecified atom stereocenters. The molecule has 2 amide bonds. The number of amides is 2. The Morgan fingerprint density at radius 3 is 2.48 bits per heavy atom. The molecule has 2 fully saturated rings. The van der Waals surface area contributed by atoms with Gasteiger partial charge in [0, 0.05) is 17.7 Å². The number of carbonyl (C=O) groups is 4. The molecular formula is C24H22N2O7. The van der Waals surface area contributed by atoms with Crippen LogP contribution in [0.5, 0.6) is 0 Å². The summed E-state index contributed by atoms with van der Waals surface area (Å²) in [4.78, 5) is 62.0. The van der Waals surface area contributed by atoms with Crippen LogP contribution in [0.1, 0.15) is 46.9 Å². The van der Waals surface area contributed by atoms with Gasteiger partial charge in [-0.25, -0.2) is 4.79 Å². The summed E-state index contributed by atoms with van der Waals surface area (Å²) in [6, 6.07) is 11.1. The van der Waals surface area contributed by atoms with E-state index < -0.39 is 23.3 Å². The van der Waals surface area contributed by atoms with Crippen molar-refractivity contribution in [3.05, 3.63) is 69.8 Å². The predicted octanol–water partition coefficient (Wildman–Crippen LogP) is 3.56. The van der Waals surface area contributed by atoms with Crippen LogP contribution in [0, 0.1) is 27.9 Å². The van der Waals surface area contributed by atoms with Gasteiger partial charge in [-0.05, 0) is 43.4 Å². The Kier molecular flexibility index (Phi) is 6.04. The highest BCUT2D eigenvalue weighted by atomic mass is 16.6. The monoisotopic (exact) mass is 450 g/mol. The number of esters is 1. The maximum atomic E-state index is 12.9. The van der Waals surface area contributed by atoms with Crippen LogP contribution >= 0.6 is 0 Å². The van der Waals surface area contributed by atoms with Crippen LogP contribution in [0.25, 0.3) is 0 Å². The molecular weight excluding hydrogens is 428 g/mol. The van der Waals surface area contributed by atoms with Crippen LogP contribution < -0.4 is 4.90 Å². The van der Waals surface area contributed by atoms with Crippen LogP contribution in [0.4, 0.5) is 11.4 Å². The number of non-ortho nitro benzene ring substituents is 1. The van der Waals surface area contributed by atoms with Crippen LogP contribution in [-0.2, 0) is 14.3 Å². The van der Waals surface area contributed by atoms with E-state index in [-0.39, 0.29) is 40.5 Å². The minimum absolute atomic E-state index is 0.0517. The molecule has 0 aromatic heterocycles. The minimum Gasteiger partial charge on any atom is -0.454 e. The van der Waals surface area contributed by atoms with Crippen LogP contribution in [0.3, 0.4) is 0 Å². The minimum atomic E-state index is -0.805. The fraction of sp³-hybridized carbons (Fsp3) is 0.333. The van der Waals surface area contributed by atoms with Gasteiger partial charge in [0.05, 0.1) is 28.0 Å². The Hall–Kier alpha value is -3.88. The van der Waals surface area contributed by atoms with Crippen LogP contribution in [0.2, 0.25) is 0 Å². The summed E-state index contributed by atoms with van der Waals surface area (Å²) in [5, 5.41) is 10.9. The molecule has 0 N–H and O–H groups in total. The van der Waals surface area contributed by atoms with E-state index in [9.17, 15) is 29.3 Å². The largest absolute Gasteiger partial charge is 0.454 e. The van der Waals surface area contributed by atoms with E-state index in [1.54, 1.807) is 12.1 Å². The van der Waals surface area contributed by atoms with Gasteiger partial charge in [-0.2, -0.15) is 0 Å². The van der Waals surface area contributed by atoms with Crippen molar-refractivity contribution in [2.45, 2.75) is 26.2 Å². The molecule has 0 radical (unpaired) electrons. The van der Waals surface area contributed by atoms with Crippen molar-refractivity contribution in [1.29, 1.82) is 0 Å². The van der Waals surface area contributed by atoms with Gasteiger partial charge < -0.3 is 4.74 Å². The van der Waals surface area contributed by atoms with Gasteiger partial charge in [0.15, 0.2) is 6.61 Å². The van der Waals surface area contributed by atoms with Crippen LogP contribution in [-0.4, -0.2) is 35.1 Å². The number of anilines is 1. The number of nitrogens with zero attached hydrogens (tertiary/aromatic N) is 2. The third-order valence-electron chi connectivity index (χ3n) is 6.24. The summed E-state index contributed by atoms with van der Waals surface area (Å²) >= 11 is 0. The number of carbonyl (C=O) groups excluding carboxylic acids is 4. The maximum Gasteiger partial charge on any atom is 0.338 e. The van der Waals surface area contributed by atoms with Crippen molar-refractivity contribution in [1.82, 2.24) is 0 Å². The lowest BCUT2D eigenvalue weighted by atomic mass is 9.76. The normalized spacial score (nSPS) is 22.1. The molecule has 2 aromatic rings. The lowest BCUT2D eigenvalue weighted by Gasteiger charge is -2.25. The molecule has 0 bridgehead atoms. The average molecular weight is 450 g/mol.